The first kappa shape index (κ1) is 17.4. The molecule has 0 aliphatic heterocycles. The molecular weight excluding hydrogens is 389 g/mol. The molecular formula is C16H12BrClFNO3. The van der Waals surface area contributed by atoms with Crippen LogP contribution in [0, 0.1) is 5.82 Å². The van der Waals surface area contributed by atoms with E-state index in [-0.39, 0.29) is 16.3 Å². The van der Waals surface area contributed by atoms with Gasteiger partial charge in [0.15, 0.2) is 6.10 Å². The third-order valence-corrected chi connectivity index (χ3v) is 3.76. The zero-order chi connectivity index (χ0) is 17.0. The third kappa shape index (κ3) is 4.53. The van der Waals surface area contributed by atoms with Gasteiger partial charge in [-0.25, -0.2) is 9.18 Å². The lowest BCUT2D eigenvalue weighted by atomic mass is 10.2. The number of esters is 1. The molecule has 7 heteroatoms. The van der Waals surface area contributed by atoms with Gasteiger partial charge in [-0.3, -0.25) is 4.79 Å². The van der Waals surface area contributed by atoms with E-state index < -0.39 is 23.8 Å². The molecule has 0 fully saturated rings. The van der Waals surface area contributed by atoms with E-state index in [1.165, 1.54) is 37.3 Å². The molecule has 0 saturated carbocycles. The van der Waals surface area contributed by atoms with Crippen molar-refractivity contribution in [1.29, 1.82) is 0 Å². The van der Waals surface area contributed by atoms with Gasteiger partial charge in [0.25, 0.3) is 5.91 Å². The number of amides is 1. The highest BCUT2D eigenvalue weighted by atomic mass is 79.9. The van der Waals surface area contributed by atoms with Crippen LogP contribution in [0.15, 0.2) is 46.9 Å². The summed E-state index contributed by atoms with van der Waals surface area (Å²) in [7, 11) is 0. The Kier molecular flexibility index (Phi) is 5.74. The Morgan fingerprint density at radius 3 is 2.65 bits per heavy atom. The largest absolute Gasteiger partial charge is 0.449 e. The molecule has 1 amide bonds. The summed E-state index contributed by atoms with van der Waals surface area (Å²) in [5.74, 6) is -1.96. The number of ether oxygens (including phenoxy) is 1. The number of hydrogen-bond donors (Lipinski definition) is 1. The number of anilines is 1. The van der Waals surface area contributed by atoms with Crippen molar-refractivity contribution in [1.82, 2.24) is 0 Å². The van der Waals surface area contributed by atoms with Crippen molar-refractivity contribution in [3.05, 3.63) is 63.3 Å². The average molecular weight is 401 g/mol. The van der Waals surface area contributed by atoms with Gasteiger partial charge in [0, 0.05) is 4.47 Å². The number of para-hydroxylation sites is 1. The lowest BCUT2D eigenvalue weighted by Gasteiger charge is -2.14. The van der Waals surface area contributed by atoms with E-state index in [4.69, 9.17) is 16.3 Å². The quantitative estimate of drug-likeness (QED) is 0.773. The monoisotopic (exact) mass is 399 g/mol. The molecule has 0 aliphatic carbocycles. The highest BCUT2D eigenvalue weighted by Crippen LogP contribution is 2.22. The fourth-order valence-corrected chi connectivity index (χ4v) is 2.28. The van der Waals surface area contributed by atoms with Gasteiger partial charge in [0.2, 0.25) is 0 Å². The molecule has 0 spiro atoms. The van der Waals surface area contributed by atoms with Crippen LogP contribution in [0.4, 0.5) is 10.1 Å². The molecule has 0 saturated heterocycles. The molecule has 2 aromatic rings. The maximum atomic E-state index is 13.5. The SMILES string of the molecule is C[C@@H](OC(=O)c1cc(Br)ccc1Cl)C(=O)Nc1ccccc1F. The summed E-state index contributed by atoms with van der Waals surface area (Å²) in [6.45, 7) is 1.39. The second-order valence-corrected chi connectivity index (χ2v) is 5.96. The average Bonchev–Trinajstić information content (AvgIpc) is 2.51. The van der Waals surface area contributed by atoms with Crippen molar-refractivity contribution >= 4 is 45.1 Å². The van der Waals surface area contributed by atoms with Crippen LogP contribution in [0.3, 0.4) is 0 Å². The van der Waals surface area contributed by atoms with E-state index >= 15 is 0 Å². The number of rotatable bonds is 4. The second kappa shape index (κ2) is 7.57. The maximum Gasteiger partial charge on any atom is 0.340 e. The van der Waals surface area contributed by atoms with Crippen molar-refractivity contribution in [3.8, 4) is 0 Å². The van der Waals surface area contributed by atoms with E-state index in [9.17, 15) is 14.0 Å². The minimum Gasteiger partial charge on any atom is -0.449 e. The van der Waals surface area contributed by atoms with Gasteiger partial charge in [-0.1, -0.05) is 39.7 Å². The molecule has 0 heterocycles. The minimum absolute atomic E-state index is 0.0147. The summed E-state index contributed by atoms with van der Waals surface area (Å²) in [5, 5.41) is 2.57. The maximum absolute atomic E-state index is 13.5. The molecule has 120 valence electrons. The summed E-state index contributed by atoms with van der Waals surface area (Å²) < 4.78 is 19.2. The lowest BCUT2D eigenvalue weighted by Crippen LogP contribution is -2.30. The molecule has 2 aromatic carbocycles. The molecule has 0 bridgehead atoms. The zero-order valence-electron chi connectivity index (χ0n) is 12.0. The summed E-state index contributed by atoms with van der Waals surface area (Å²) in [6.07, 6.45) is -1.11. The number of benzene rings is 2. The van der Waals surface area contributed by atoms with Crippen LogP contribution in [0.5, 0.6) is 0 Å². The molecule has 0 radical (unpaired) electrons. The van der Waals surface area contributed by atoms with E-state index in [1.807, 2.05) is 0 Å². The van der Waals surface area contributed by atoms with Crippen molar-refractivity contribution in [2.45, 2.75) is 13.0 Å². The van der Waals surface area contributed by atoms with Crippen LogP contribution in [-0.4, -0.2) is 18.0 Å². The molecule has 0 aromatic heterocycles. The molecule has 4 nitrogen and oxygen atoms in total. The summed E-state index contributed by atoms with van der Waals surface area (Å²) in [6, 6.07) is 10.4. The van der Waals surface area contributed by atoms with Gasteiger partial charge >= 0.3 is 5.97 Å². The molecule has 0 aliphatic rings. The van der Waals surface area contributed by atoms with Crippen LogP contribution in [-0.2, 0) is 9.53 Å². The first-order valence-electron chi connectivity index (χ1n) is 6.60. The normalized spacial score (nSPS) is 11.7. The first-order chi connectivity index (χ1) is 10.9. The third-order valence-electron chi connectivity index (χ3n) is 2.93. The van der Waals surface area contributed by atoms with Crippen LogP contribution in [0.2, 0.25) is 5.02 Å². The van der Waals surface area contributed by atoms with Gasteiger partial charge in [-0.15, -0.1) is 0 Å². The molecule has 0 unspecified atom stereocenters. The van der Waals surface area contributed by atoms with E-state index in [0.29, 0.717) is 4.47 Å². The molecule has 1 N–H and O–H groups in total. The van der Waals surface area contributed by atoms with Crippen molar-refractivity contribution in [3.63, 3.8) is 0 Å². The van der Waals surface area contributed by atoms with Gasteiger partial charge in [-0.2, -0.15) is 0 Å². The van der Waals surface area contributed by atoms with E-state index in [1.54, 1.807) is 12.1 Å². The Balaban J connectivity index is 2.05. The minimum atomic E-state index is -1.11. The summed E-state index contributed by atoms with van der Waals surface area (Å²) in [5.41, 5.74) is 0.146. The van der Waals surface area contributed by atoms with Crippen molar-refractivity contribution < 1.29 is 18.7 Å². The smallest absolute Gasteiger partial charge is 0.340 e. The molecule has 23 heavy (non-hydrogen) atoms. The van der Waals surface area contributed by atoms with E-state index in [2.05, 4.69) is 21.2 Å². The van der Waals surface area contributed by atoms with Gasteiger partial charge in [-0.05, 0) is 37.3 Å². The van der Waals surface area contributed by atoms with Gasteiger partial charge < -0.3 is 10.1 Å². The predicted molar refractivity (Wildman–Crippen MR) is 89.1 cm³/mol. The van der Waals surface area contributed by atoms with Gasteiger partial charge in [0.05, 0.1) is 16.3 Å². The Labute approximate surface area is 145 Å². The topological polar surface area (TPSA) is 55.4 Å². The second-order valence-electron chi connectivity index (χ2n) is 4.64. The number of hydrogen-bond acceptors (Lipinski definition) is 3. The molecule has 2 rings (SSSR count). The highest BCUT2D eigenvalue weighted by molar-refractivity contribution is 9.10. The fourth-order valence-electron chi connectivity index (χ4n) is 1.73. The first-order valence-corrected chi connectivity index (χ1v) is 7.77. The number of carbonyl (C=O) groups is 2. The number of nitrogens with one attached hydrogen (secondary N) is 1. The van der Waals surface area contributed by atoms with Gasteiger partial charge in [0.1, 0.15) is 5.82 Å². The van der Waals surface area contributed by atoms with Crippen molar-refractivity contribution in [2.75, 3.05) is 5.32 Å². The van der Waals surface area contributed by atoms with Crippen LogP contribution in [0.1, 0.15) is 17.3 Å². The Bertz CT molecular complexity index is 754. The highest BCUT2D eigenvalue weighted by Gasteiger charge is 2.21. The van der Waals surface area contributed by atoms with E-state index in [0.717, 1.165) is 0 Å². The zero-order valence-corrected chi connectivity index (χ0v) is 14.3. The fraction of sp³-hybridized carbons (Fsp3) is 0.125. The summed E-state index contributed by atoms with van der Waals surface area (Å²) >= 11 is 9.16. The number of halogens is 3. The molecule has 1 atom stereocenters. The Hall–Kier alpha value is -1.92. The van der Waals surface area contributed by atoms with Crippen LogP contribution in [0.25, 0.3) is 0 Å². The van der Waals surface area contributed by atoms with Crippen molar-refractivity contribution in [2.24, 2.45) is 0 Å². The standard InChI is InChI=1S/C16H12BrClFNO3/c1-9(15(21)20-14-5-3-2-4-13(14)19)23-16(22)11-8-10(17)6-7-12(11)18/h2-9H,1H3,(H,20,21)/t9-/m1/s1. The Morgan fingerprint density at radius 2 is 1.96 bits per heavy atom. The number of carbonyl (C=O) groups excluding carboxylic acids is 2. The summed E-state index contributed by atoms with van der Waals surface area (Å²) in [4.78, 5) is 24.1. The van der Waals surface area contributed by atoms with Crippen LogP contribution < -0.4 is 5.32 Å². The lowest BCUT2D eigenvalue weighted by molar-refractivity contribution is -0.123. The van der Waals surface area contributed by atoms with Crippen LogP contribution >= 0.6 is 27.5 Å². The predicted octanol–water partition coefficient (Wildman–Crippen LogP) is 4.43. The Morgan fingerprint density at radius 1 is 1.26 bits per heavy atom.